The van der Waals surface area contributed by atoms with Crippen LogP contribution in [0, 0.1) is 0 Å². The second-order valence-corrected chi connectivity index (χ2v) is 19.1. The molecule has 0 aromatic heterocycles. The van der Waals surface area contributed by atoms with Crippen molar-refractivity contribution in [3.05, 3.63) is 0 Å². The minimum atomic E-state index is -1.22. The van der Waals surface area contributed by atoms with Crippen LogP contribution in [0.1, 0.15) is 251 Å². The van der Waals surface area contributed by atoms with Crippen LogP contribution in [0.3, 0.4) is 0 Å². The Kier molecular flexibility index (Phi) is 44.0. The van der Waals surface area contributed by atoms with E-state index in [2.05, 4.69) is 29.8 Å². The molecule has 0 saturated carbocycles. The van der Waals surface area contributed by atoms with E-state index in [1.807, 2.05) is 0 Å². The summed E-state index contributed by atoms with van der Waals surface area (Å²) in [6.45, 7) is 5.05. The first-order chi connectivity index (χ1) is 33.3. The fourth-order valence-electron chi connectivity index (χ4n) is 8.09. The van der Waals surface area contributed by atoms with Gasteiger partial charge in [-0.3, -0.25) is 28.8 Å². The minimum Gasteiger partial charge on any atom is -0.481 e. The van der Waals surface area contributed by atoms with Crippen LogP contribution in [0.15, 0.2) is 0 Å². The SMILES string of the molecule is CCCCCCCCCCCCCCCCOC(=O)CCC(NC(=O)C(CCCCNC(=O)C(N)CCC(=O)O)NC(=O)C(N)CCC(=O)O)C(=O)OCCCCCCCCCCCCCCCC. The monoisotopic (exact) mass is 982 g/mol. The van der Waals surface area contributed by atoms with Crippen molar-refractivity contribution in [1.29, 1.82) is 0 Å². The predicted octanol–water partition coefficient (Wildman–Crippen LogP) is 9.46. The highest BCUT2D eigenvalue weighted by molar-refractivity contribution is 5.92. The topological polar surface area (TPSA) is 267 Å². The van der Waals surface area contributed by atoms with Crippen molar-refractivity contribution in [2.24, 2.45) is 11.5 Å². The lowest BCUT2D eigenvalue weighted by molar-refractivity contribution is -0.149. The molecule has 0 aliphatic heterocycles. The number of carbonyl (C=O) groups excluding carboxylic acids is 5. The molecule has 0 fully saturated rings. The van der Waals surface area contributed by atoms with E-state index >= 15 is 0 Å². The number of hydrogen-bond acceptors (Lipinski definition) is 11. The Balaban J connectivity index is 5.29. The van der Waals surface area contributed by atoms with Gasteiger partial charge in [0.25, 0.3) is 0 Å². The van der Waals surface area contributed by atoms with Gasteiger partial charge in [0.05, 0.1) is 25.3 Å². The zero-order chi connectivity index (χ0) is 51.2. The molecular weight excluding hydrogens is 883 g/mol. The minimum absolute atomic E-state index is 0.0299. The summed E-state index contributed by atoms with van der Waals surface area (Å²) < 4.78 is 11.1. The number of aliphatic carboxylic acids is 2. The Morgan fingerprint density at radius 1 is 0.406 bits per heavy atom. The van der Waals surface area contributed by atoms with Crippen LogP contribution >= 0.6 is 0 Å². The number of carboxylic acid groups (broad SMARTS) is 2. The summed E-state index contributed by atoms with van der Waals surface area (Å²) in [5.74, 6) is -5.39. The molecule has 0 rings (SSSR count). The van der Waals surface area contributed by atoms with E-state index < -0.39 is 65.8 Å². The van der Waals surface area contributed by atoms with E-state index in [9.17, 15) is 33.6 Å². The smallest absolute Gasteiger partial charge is 0.328 e. The van der Waals surface area contributed by atoms with Crippen LogP contribution in [0.25, 0.3) is 0 Å². The van der Waals surface area contributed by atoms with Crippen LogP contribution in [-0.2, 0) is 43.0 Å². The molecule has 0 aliphatic rings. The van der Waals surface area contributed by atoms with Gasteiger partial charge in [-0.15, -0.1) is 0 Å². The molecule has 0 spiro atoms. The second kappa shape index (κ2) is 46.6. The number of hydrogen-bond donors (Lipinski definition) is 7. The first-order valence-corrected chi connectivity index (χ1v) is 27.5. The average molecular weight is 982 g/mol. The molecule has 0 aliphatic carbocycles. The molecule has 4 unspecified atom stereocenters. The Morgan fingerprint density at radius 2 is 0.783 bits per heavy atom. The number of nitrogens with two attached hydrogens (primary N) is 2. The summed E-state index contributed by atoms with van der Waals surface area (Å²) >= 11 is 0. The van der Waals surface area contributed by atoms with Crippen molar-refractivity contribution in [3.63, 3.8) is 0 Å². The maximum absolute atomic E-state index is 13.8. The van der Waals surface area contributed by atoms with Gasteiger partial charge < -0.3 is 47.1 Å². The summed E-state index contributed by atoms with van der Waals surface area (Å²) in [5.41, 5.74) is 11.7. The quantitative estimate of drug-likeness (QED) is 0.0221. The Bertz CT molecular complexity index is 1350. The molecule has 0 saturated heterocycles. The van der Waals surface area contributed by atoms with Gasteiger partial charge in [-0.05, 0) is 51.4 Å². The van der Waals surface area contributed by atoms with Gasteiger partial charge in [-0.2, -0.15) is 0 Å². The van der Waals surface area contributed by atoms with Gasteiger partial charge in [0.1, 0.15) is 12.1 Å². The highest BCUT2D eigenvalue weighted by Crippen LogP contribution is 2.16. The Hall–Kier alpha value is -3.79. The number of nitrogens with one attached hydrogen (secondary N) is 3. The largest absolute Gasteiger partial charge is 0.481 e. The van der Waals surface area contributed by atoms with E-state index in [4.69, 9.17) is 31.2 Å². The van der Waals surface area contributed by atoms with Gasteiger partial charge in [-0.25, -0.2) is 4.79 Å². The molecular formula is C53H99N5O11. The summed E-state index contributed by atoms with van der Waals surface area (Å²) in [7, 11) is 0. The molecule has 9 N–H and O–H groups in total. The number of esters is 2. The second-order valence-electron chi connectivity index (χ2n) is 19.1. The van der Waals surface area contributed by atoms with Gasteiger partial charge in [0, 0.05) is 25.8 Å². The molecule has 0 heterocycles. The average Bonchev–Trinajstić information content (AvgIpc) is 3.32. The van der Waals surface area contributed by atoms with Crippen molar-refractivity contribution in [1.82, 2.24) is 16.0 Å². The molecule has 3 amide bonds. The van der Waals surface area contributed by atoms with Crippen molar-refractivity contribution in [3.8, 4) is 0 Å². The van der Waals surface area contributed by atoms with E-state index in [-0.39, 0.29) is 64.7 Å². The van der Waals surface area contributed by atoms with E-state index in [1.165, 1.54) is 128 Å². The molecule has 16 nitrogen and oxygen atoms in total. The fourth-order valence-corrected chi connectivity index (χ4v) is 8.09. The molecule has 0 aromatic carbocycles. The van der Waals surface area contributed by atoms with Crippen LogP contribution in [-0.4, -0.2) is 95.7 Å². The van der Waals surface area contributed by atoms with Crippen molar-refractivity contribution < 1.29 is 53.2 Å². The van der Waals surface area contributed by atoms with Gasteiger partial charge in [-0.1, -0.05) is 181 Å². The number of rotatable bonds is 50. The highest BCUT2D eigenvalue weighted by Gasteiger charge is 2.29. The lowest BCUT2D eigenvalue weighted by Gasteiger charge is -2.24. The molecule has 0 bridgehead atoms. The lowest BCUT2D eigenvalue weighted by Crippen LogP contribution is -2.54. The normalized spacial score (nSPS) is 12.9. The first kappa shape index (κ1) is 65.2. The number of carbonyl (C=O) groups is 7. The van der Waals surface area contributed by atoms with Gasteiger partial charge in [0.2, 0.25) is 17.7 Å². The van der Waals surface area contributed by atoms with Crippen LogP contribution in [0.5, 0.6) is 0 Å². The lowest BCUT2D eigenvalue weighted by atomic mass is 10.0. The molecule has 0 radical (unpaired) electrons. The molecule has 16 heteroatoms. The Morgan fingerprint density at radius 3 is 1.20 bits per heavy atom. The number of carboxylic acids is 2. The summed E-state index contributed by atoms with van der Waals surface area (Å²) in [5, 5.41) is 25.9. The third kappa shape index (κ3) is 41.7. The third-order valence-corrected chi connectivity index (χ3v) is 12.6. The summed E-state index contributed by atoms with van der Waals surface area (Å²) in [6, 6.07) is -4.64. The van der Waals surface area contributed by atoms with Crippen molar-refractivity contribution >= 4 is 41.6 Å². The summed E-state index contributed by atoms with van der Waals surface area (Å²) in [4.78, 5) is 87.5. The van der Waals surface area contributed by atoms with E-state index in [1.54, 1.807) is 0 Å². The van der Waals surface area contributed by atoms with E-state index in [0.717, 1.165) is 44.9 Å². The van der Waals surface area contributed by atoms with Gasteiger partial charge in [0.15, 0.2) is 0 Å². The predicted molar refractivity (Wildman–Crippen MR) is 272 cm³/mol. The van der Waals surface area contributed by atoms with Crippen molar-refractivity contribution in [2.75, 3.05) is 19.8 Å². The van der Waals surface area contributed by atoms with Crippen molar-refractivity contribution in [2.45, 2.75) is 276 Å². The zero-order valence-corrected chi connectivity index (χ0v) is 43.3. The molecule has 69 heavy (non-hydrogen) atoms. The number of amides is 3. The fraction of sp³-hybridized carbons (Fsp3) is 0.868. The third-order valence-electron chi connectivity index (χ3n) is 12.6. The Labute approximate surface area is 416 Å². The van der Waals surface area contributed by atoms with Gasteiger partial charge >= 0.3 is 23.9 Å². The zero-order valence-electron chi connectivity index (χ0n) is 43.3. The standard InChI is InChI=1S/C53H99N5O11/c1-3-5-7-9-11-13-15-17-19-21-23-25-27-31-41-68-49(63)39-36-46(53(67)69-42-32-28-26-24-22-20-18-16-14-12-10-8-6-4-2)58-52(66)45(57-51(65)44(55)35-38-48(61)62)33-29-30-40-56-50(64)43(54)34-37-47(59)60/h43-46H,3-42,54-55H2,1-2H3,(H,56,64)(H,57,65)(H,58,66)(H,59,60)(H,61,62). The molecule has 0 aromatic rings. The first-order valence-electron chi connectivity index (χ1n) is 27.5. The maximum Gasteiger partial charge on any atom is 0.328 e. The number of ether oxygens (including phenoxy) is 2. The van der Waals surface area contributed by atoms with Crippen LogP contribution in [0.2, 0.25) is 0 Å². The summed E-state index contributed by atoms with van der Waals surface area (Å²) in [6.07, 6.45) is 33.2. The molecule has 402 valence electrons. The van der Waals surface area contributed by atoms with E-state index in [0.29, 0.717) is 19.3 Å². The maximum atomic E-state index is 13.8. The number of unbranched alkanes of at least 4 members (excludes halogenated alkanes) is 27. The molecule has 4 atom stereocenters. The van der Waals surface area contributed by atoms with Crippen LogP contribution < -0.4 is 27.4 Å². The highest BCUT2D eigenvalue weighted by atomic mass is 16.5. The van der Waals surface area contributed by atoms with Crippen LogP contribution in [0.4, 0.5) is 0 Å².